The number of aromatic carboxylic acids is 1. The van der Waals surface area contributed by atoms with Crippen LogP contribution in [0.3, 0.4) is 0 Å². The molecule has 0 fully saturated rings. The molecule has 0 aromatic heterocycles. The van der Waals surface area contributed by atoms with E-state index >= 15 is 0 Å². The molecule has 154 valence electrons. The van der Waals surface area contributed by atoms with Gasteiger partial charge in [-0.3, -0.25) is 0 Å². The molecule has 0 heterocycles. The van der Waals surface area contributed by atoms with Crippen molar-refractivity contribution in [3.8, 4) is 5.75 Å². The highest BCUT2D eigenvalue weighted by Gasteiger charge is 2.37. The van der Waals surface area contributed by atoms with Crippen LogP contribution in [0.1, 0.15) is 86.5 Å². The van der Waals surface area contributed by atoms with Crippen molar-refractivity contribution in [1.29, 1.82) is 0 Å². The van der Waals surface area contributed by atoms with E-state index in [1.165, 1.54) is 11.1 Å². The van der Waals surface area contributed by atoms with E-state index in [4.69, 9.17) is 4.74 Å². The standard InChI is InChI=1S/C26H32O3/c1-6-15-29-23-17-22-21(25(2,3)13-14-26(22,4)5)16-19(23)12-11-18-9-7-8-10-20(18)24(27)28/h7-12,16-17H,6,13-15H2,1-5H3,(H,27,28). The van der Waals surface area contributed by atoms with Gasteiger partial charge >= 0.3 is 5.97 Å². The third-order valence-corrected chi connectivity index (χ3v) is 6.08. The second-order valence-corrected chi connectivity index (χ2v) is 9.28. The van der Waals surface area contributed by atoms with Gasteiger partial charge in [-0.05, 0) is 65.0 Å². The number of hydrogen-bond acceptors (Lipinski definition) is 2. The monoisotopic (exact) mass is 392 g/mol. The van der Waals surface area contributed by atoms with Gasteiger partial charge in [-0.1, -0.05) is 65.0 Å². The third kappa shape index (κ3) is 4.39. The molecule has 1 aliphatic carbocycles. The Morgan fingerprint density at radius 1 is 1.00 bits per heavy atom. The van der Waals surface area contributed by atoms with E-state index in [1.807, 2.05) is 24.3 Å². The Balaban J connectivity index is 2.12. The van der Waals surface area contributed by atoms with Crippen LogP contribution in [0.2, 0.25) is 0 Å². The molecule has 29 heavy (non-hydrogen) atoms. The first-order chi connectivity index (χ1) is 13.7. The Morgan fingerprint density at radius 3 is 2.21 bits per heavy atom. The fourth-order valence-electron chi connectivity index (χ4n) is 4.09. The fourth-order valence-corrected chi connectivity index (χ4v) is 4.09. The number of hydrogen-bond donors (Lipinski definition) is 1. The molecule has 1 N–H and O–H groups in total. The van der Waals surface area contributed by atoms with Crippen molar-refractivity contribution in [2.24, 2.45) is 0 Å². The molecule has 1 aliphatic rings. The second-order valence-electron chi connectivity index (χ2n) is 9.28. The van der Waals surface area contributed by atoms with Crippen molar-refractivity contribution in [1.82, 2.24) is 0 Å². The van der Waals surface area contributed by atoms with Gasteiger partial charge in [0.15, 0.2) is 0 Å². The summed E-state index contributed by atoms with van der Waals surface area (Å²) in [6, 6.07) is 11.5. The molecule has 2 aromatic carbocycles. The predicted molar refractivity (Wildman–Crippen MR) is 120 cm³/mol. The molecule has 0 atom stereocenters. The molecule has 0 amide bonds. The van der Waals surface area contributed by atoms with Gasteiger partial charge in [0.1, 0.15) is 5.75 Å². The summed E-state index contributed by atoms with van der Waals surface area (Å²) in [4.78, 5) is 11.5. The average Bonchev–Trinajstić information content (AvgIpc) is 2.68. The van der Waals surface area contributed by atoms with Crippen LogP contribution in [0, 0.1) is 0 Å². The lowest BCUT2D eigenvalue weighted by Gasteiger charge is -2.42. The van der Waals surface area contributed by atoms with Gasteiger partial charge in [0, 0.05) is 5.56 Å². The van der Waals surface area contributed by atoms with E-state index in [0.29, 0.717) is 17.7 Å². The van der Waals surface area contributed by atoms with E-state index < -0.39 is 5.97 Å². The minimum atomic E-state index is -0.916. The number of ether oxygens (including phenoxy) is 1. The first kappa shape index (κ1) is 21.2. The highest BCUT2D eigenvalue weighted by atomic mass is 16.5. The Labute approximate surface area is 174 Å². The van der Waals surface area contributed by atoms with Gasteiger partial charge in [0.25, 0.3) is 0 Å². The molecule has 0 aliphatic heterocycles. The average molecular weight is 393 g/mol. The minimum absolute atomic E-state index is 0.107. The maximum absolute atomic E-state index is 11.5. The molecule has 0 saturated heterocycles. The summed E-state index contributed by atoms with van der Waals surface area (Å²) in [6.45, 7) is 12.0. The van der Waals surface area contributed by atoms with Gasteiger partial charge < -0.3 is 9.84 Å². The van der Waals surface area contributed by atoms with Crippen molar-refractivity contribution in [2.45, 2.75) is 64.7 Å². The second kappa shape index (κ2) is 8.06. The number of benzene rings is 2. The van der Waals surface area contributed by atoms with Crippen LogP contribution in [0.25, 0.3) is 12.2 Å². The number of carboxylic acid groups (broad SMARTS) is 1. The fraction of sp³-hybridized carbons (Fsp3) is 0.423. The number of fused-ring (bicyclic) bond motifs is 1. The number of carbonyl (C=O) groups is 1. The topological polar surface area (TPSA) is 46.5 Å². The summed E-state index contributed by atoms with van der Waals surface area (Å²) < 4.78 is 6.11. The molecule has 0 spiro atoms. The molecule has 0 saturated carbocycles. The summed E-state index contributed by atoms with van der Waals surface area (Å²) in [5.41, 5.74) is 4.95. The lowest BCUT2D eigenvalue weighted by Crippen LogP contribution is -2.34. The van der Waals surface area contributed by atoms with E-state index in [2.05, 4.69) is 46.8 Å². The molecule has 3 nitrogen and oxygen atoms in total. The van der Waals surface area contributed by atoms with Gasteiger partial charge in [-0.25, -0.2) is 4.79 Å². The molecule has 0 radical (unpaired) electrons. The number of rotatable bonds is 6. The Bertz CT molecular complexity index is 935. The molecule has 0 unspecified atom stereocenters. The Morgan fingerprint density at radius 2 is 1.59 bits per heavy atom. The summed E-state index contributed by atoms with van der Waals surface area (Å²) in [6.07, 6.45) is 7.11. The van der Waals surface area contributed by atoms with Crippen molar-refractivity contribution in [3.05, 3.63) is 64.2 Å². The minimum Gasteiger partial charge on any atom is -0.493 e. The Kier molecular flexibility index (Phi) is 5.88. The van der Waals surface area contributed by atoms with Gasteiger partial charge in [-0.2, -0.15) is 0 Å². The van der Waals surface area contributed by atoms with E-state index in [1.54, 1.807) is 12.1 Å². The van der Waals surface area contributed by atoms with E-state index in [-0.39, 0.29) is 10.8 Å². The van der Waals surface area contributed by atoms with Crippen molar-refractivity contribution in [2.75, 3.05) is 6.61 Å². The maximum Gasteiger partial charge on any atom is 0.336 e. The summed E-state index contributed by atoms with van der Waals surface area (Å²) in [7, 11) is 0. The molecule has 0 bridgehead atoms. The number of carboxylic acids is 1. The van der Waals surface area contributed by atoms with Crippen molar-refractivity contribution in [3.63, 3.8) is 0 Å². The maximum atomic E-state index is 11.5. The van der Waals surface area contributed by atoms with Crippen LogP contribution in [0.15, 0.2) is 36.4 Å². The van der Waals surface area contributed by atoms with Crippen LogP contribution < -0.4 is 4.74 Å². The first-order valence-electron chi connectivity index (χ1n) is 10.5. The van der Waals surface area contributed by atoms with Gasteiger partial charge in [-0.15, -0.1) is 0 Å². The lowest BCUT2D eigenvalue weighted by molar-refractivity contribution is 0.0696. The predicted octanol–water partition coefficient (Wildman–Crippen LogP) is 6.69. The van der Waals surface area contributed by atoms with Crippen LogP contribution in [0.4, 0.5) is 0 Å². The quantitative estimate of drug-likeness (QED) is 0.557. The smallest absolute Gasteiger partial charge is 0.336 e. The van der Waals surface area contributed by atoms with Crippen LogP contribution in [-0.4, -0.2) is 17.7 Å². The van der Waals surface area contributed by atoms with Crippen molar-refractivity contribution >= 4 is 18.1 Å². The molecular formula is C26H32O3. The zero-order valence-electron chi connectivity index (χ0n) is 18.2. The van der Waals surface area contributed by atoms with E-state index in [9.17, 15) is 9.90 Å². The molecule has 3 rings (SSSR count). The highest BCUT2D eigenvalue weighted by molar-refractivity contribution is 5.93. The first-order valence-corrected chi connectivity index (χ1v) is 10.5. The van der Waals surface area contributed by atoms with Crippen LogP contribution in [0.5, 0.6) is 5.75 Å². The third-order valence-electron chi connectivity index (χ3n) is 6.08. The Hall–Kier alpha value is -2.55. The molecule has 3 heteroatoms. The highest BCUT2D eigenvalue weighted by Crippen LogP contribution is 2.48. The zero-order valence-corrected chi connectivity index (χ0v) is 18.2. The van der Waals surface area contributed by atoms with Gasteiger partial charge in [0.05, 0.1) is 12.2 Å². The molecule has 2 aromatic rings. The van der Waals surface area contributed by atoms with Crippen molar-refractivity contribution < 1.29 is 14.6 Å². The van der Waals surface area contributed by atoms with Gasteiger partial charge in [0.2, 0.25) is 0 Å². The van der Waals surface area contributed by atoms with E-state index in [0.717, 1.165) is 30.6 Å². The summed E-state index contributed by atoms with van der Waals surface area (Å²) >= 11 is 0. The molecular weight excluding hydrogens is 360 g/mol. The summed E-state index contributed by atoms with van der Waals surface area (Å²) in [5, 5.41) is 9.46. The SMILES string of the molecule is CCCOc1cc2c(cc1C=Cc1ccccc1C(=O)O)C(C)(C)CCC2(C)C. The lowest BCUT2D eigenvalue weighted by atomic mass is 9.63. The zero-order chi connectivity index (χ0) is 21.2. The normalized spacial score (nSPS) is 17.1. The van der Waals surface area contributed by atoms with Crippen LogP contribution >= 0.6 is 0 Å². The summed E-state index contributed by atoms with van der Waals surface area (Å²) in [5.74, 6) is -0.0403. The largest absolute Gasteiger partial charge is 0.493 e. The van der Waals surface area contributed by atoms with Crippen LogP contribution in [-0.2, 0) is 10.8 Å².